The Morgan fingerprint density at radius 2 is 1.53 bits per heavy atom. The molecule has 2 rings (SSSR count). The summed E-state index contributed by atoms with van der Waals surface area (Å²) in [5, 5.41) is 0.536. The molecule has 11 heteroatoms. The molecule has 0 unspecified atom stereocenters. The highest BCUT2D eigenvalue weighted by Gasteiger charge is 2.32. The number of piperazine rings is 1. The fourth-order valence-corrected chi connectivity index (χ4v) is 4.61. The largest absolute Gasteiger partial charge is 0.378 e. The number of amides is 3. The number of rotatable bonds is 15. The van der Waals surface area contributed by atoms with Gasteiger partial charge in [-0.15, -0.1) is 5.06 Å². The molecule has 0 saturated carbocycles. The van der Waals surface area contributed by atoms with Crippen molar-refractivity contribution >= 4 is 35.5 Å². The molecule has 0 spiro atoms. The highest BCUT2D eigenvalue weighted by atomic mass is 32.2. The number of nitrogens with zero attached hydrogens (tertiary/aromatic N) is 3. The fraction of sp³-hybridized carbons (Fsp3) is 0.826. The van der Waals surface area contributed by atoms with E-state index in [1.165, 1.54) is 0 Å². The minimum Gasteiger partial charge on any atom is -0.378 e. The predicted octanol–water partition coefficient (Wildman–Crippen LogP) is 1.47. The van der Waals surface area contributed by atoms with Crippen LogP contribution in [-0.2, 0) is 33.5 Å². The molecule has 2 fully saturated rings. The third kappa shape index (κ3) is 10.3. The van der Waals surface area contributed by atoms with Gasteiger partial charge < -0.3 is 24.1 Å². The van der Waals surface area contributed by atoms with Crippen LogP contribution in [0, 0.1) is 0 Å². The van der Waals surface area contributed by atoms with Gasteiger partial charge in [0.25, 0.3) is 11.8 Å². The summed E-state index contributed by atoms with van der Waals surface area (Å²) in [4.78, 5) is 56.1. The number of carbonyl (C=O) groups excluding carboxylic acids is 4. The van der Waals surface area contributed by atoms with Gasteiger partial charge in [-0.1, -0.05) is 20.8 Å². The minimum atomic E-state index is -0.676. The van der Waals surface area contributed by atoms with Gasteiger partial charge in [0.2, 0.25) is 5.91 Å². The van der Waals surface area contributed by atoms with Gasteiger partial charge in [-0.2, -0.15) is 11.8 Å². The molecule has 0 aromatic heterocycles. The molecule has 0 N–H and O–H groups in total. The normalized spacial score (nSPS) is 17.5. The summed E-state index contributed by atoms with van der Waals surface area (Å²) in [6, 6.07) is 0. The van der Waals surface area contributed by atoms with Crippen LogP contribution < -0.4 is 0 Å². The zero-order valence-electron chi connectivity index (χ0n) is 20.7. The smallest absolute Gasteiger partial charge is 0.335 e. The molecule has 10 nitrogen and oxygen atoms in total. The van der Waals surface area contributed by atoms with E-state index < -0.39 is 17.8 Å². The van der Waals surface area contributed by atoms with Crippen molar-refractivity contribution in [2.45, 2.75) is 57.6 Å². The lowest BCUT2D eigenvalue weighted by molar-refractivity contribution is -0.198. The maximum Gasteiger partial charge on any atom is 0.335 e. The van der Waals surface area contributed by atoms with Crippen LogP contribution >= 0.6 is 11.8 Å². The van der Waals surface area contributed by atoms with Gasteiger partial charge in [-0.05, 0) is 13.0 Å². The SMILES string of the molecule is CCN1CCN(C(=O)CCC(C)(C)SCCOCCOCCC(=O)ON2C(=O)CCC2=O)CC1. The molecular weight excluding hydrogens is 462 g/mol. The Morgan fingerprint density at radius 1 is 0.912 bits per heavy atom. The lowest BCUT2D eigenvalue weighted by atomic mass is 10.1. The average molecular weight is 502 g/mol. The summed E-state index contributed by atoms with van der Waals surface area (Å²) in [7, 11) is 0. The number of ether oxygens (including phenoxy) is 2. The van der Waals surface area contributed by atoms with E-state index in [4.69, 9.17) is 14.3 Å². The third-order valence-corrected chi connectivity index (χ3v) is 7.21. The number of hydrogen-bond donors (Lipinski definition) is 0. The first-order valence-corrected chi connectivity index (χ1v) is 13.1. The lowest BCUT2D eigenvalue weighted by Gasteiger charge is -2.34. The molecule has 0 aromatic carbocycles. The van der Waals surface area contributed by atoms with Crippen molar-refractivity contribution in [2.75, 3.05) is 64.9 Å². The molecule has 0 radical (unpaired) electrons. The van der Waals surface area contributed by atoms with Gasteiger partial charge >= 0.3 is 5.97 Å². The molecule has 0 bridgehead atoms. The van der Waals surface area contributed by atoms with Crippen LogP contribution in [0.5, 0.6) is 0 Å². The highest BCUT2D eigenvalue weighted by Crippen LogP contribution is 2.29. The summed E-state index contributed by atoms with van der Waals surface area (Å²) in [5.41, 5.74) is 0. The van der Waals surface area contributed by atoms with Crippen molar-refractivity contribution in [1.29, 1.82) is 0 Å². The molecule has 34 heavy (non-hydrogen) atoms. The first-order chi connectivity index (χ1) is 16.2. The van der Waals surface area contributed by atoms with E-state index in [2.05, 4.69) is 25.7 Å². The Labute approximate surface area is 206 Å². The van der Waals surface area contributed by atoms with E-state index in [9.17, 15) is 19.2 Å². The molecule has 2 heterocycles. The lowest BCUT2D eigenvalue weighted by Crippen LogP contribution is -2.48. The summed E-state index contributed by atoms with van der Waals surface area (Å²) in [5.74, 6) is -0.595. The Morgan fingerprint density at radius 3 is 2.15 bits per heavy atom. The minimum absolute atomic E-state index is 0.000765. The van der Waals surface area contributed by atoms with Gasteiger partial charge in [0, 0.05) is 55.9 Å². The second-order valence-electron chi connectivity index (χ2n) is 8.94. The molecule has 2 aliphatic heterocycles. The number of likely N-dealkylation sites (N-methyl/N-ethyl adjacent to an activating group) is 1. The van der Waals surface area contributed by atoms with Crippen molar-refractivity contribution in [3.63, 3.8) is 0 Å². The second-order valence-corrected chi connectivity index (χ2v) is 10.7. The van der Waals surface area contributed by atoms with E-state index in [0.29, 0.717) is 31.3 Å². The van der Waals surface area contributed by atoms with Gasteiger partial charge in [0.05, 0.1) is 32.8 Å². The summed E-state index contributed by atoms with van der Waals surface area (Å²) in [6.45, 7) is 12.5. The van der Waals surface area contributed by atoms with E-state index in [0.717, 1.165) is 44.9 Å². The Bertz CT molecular complexity index is 680. The van der Waals surface area contributed by atoms with E-state index >= 15 is 0 Å². The molecule has 3 amide bonds. The molecule has 2 aliphatic rings. The molecule has 0 aromatic rings. The maximum absolute atomic E-state index is 12.5. The van der Waals surface area contributed by atoms with Gasteiger partial charge in [-0.25, -0.2) is 4.79 Å². The highest BCUT2D eigenvalue weighted by molar-refractivity contribution is 8.00. The van der Waals surface area contributed by atoms with Crippen molar-refractivity contribution < 1.29 is 33.5 Å². The first-order valence-electron chi connectivity index (χ1n) is 12.1. The third-order valence-electron chi connectivity index (χ3n) is 5.86. The summed E-state index contributed by atoms with van der Waals surface area (Å²) in [6.07, 6.45) is 1.50. The summed E-state index contributed by atoms with van der Waals surface area (Å²) < 4.78 is 10.9. The van der Waals surface area contributed by atoms with Crippen molar-refractivity contribution in [3.05, 3.63) is 0 Å². The Kier molecular flexibility index (Phi) is 12.3. The van der Waals surface area contributed by atoms with Gasteiger partial charge in [-0.3, -0.25) is 14.4 Å². The van der Waals surface area contributed by atoms with E-state index in [1.54, 1.807) is 11.8 Å². The fourth-order valence-electron chi connectivity index (χ4n) is 3.61. The average Bonchev–Trinajstić information content (AvgIpc) is 3.13. The zero-order chi connectivity index (χ0) is 25.0. The van der Waals surface area contributed by atoms with Gasteiger partial charge in [0.1, 0.15) is 0 Å². The van der Waals surface area contributed by atoms with Gasteiger partial charge in [0.15, 0.2) is 0 Å². The molecule has 0 atom stereocenters. The maximum atomic E-state index is 12.5. The van der Waals surface area contributed by atoms with Crippen molar-refractivity contribution in [3.8, 4) is 0 Å². The topological polar surface area (TPSA) is 106 Å². The van der Waals surface area contributed by atoms with Crippen molar-refractivity contribution in [1.82, 2.24) is 14.9 Å². The van der Waals surface area contributed by atoms with Crippen molar-refractivity contribution in [2.24, 2.45) is 0 Å². The second kappa shape index (κ2) is 14.7. The number of thioether (sulfide) groups is 1. The van der Waals surface area contributed by atoms with Crippen LogP contribution in [0.2, 0.25) is 0 Å². The monoisotopic (exact) mass is 501 g/mol. The molecular formula is C23H39N3O7S. The number of imide groups is 1. The Hall–Kier alpha value is -1.69. The quantitative estimate of drug-likeness (QED) is 0.244. The van der Waals surface area contributed by atoms with Crippen LogP contribution in [0.3, 0.4) is 0 Å². The molecule has 194 valence electrons. The summed E-state index contributed by atoms with van der Waals surface area (Å²) >= 11 is 1.79. The van der Waals surface area contributed by atoms with Crippen LogP contribution in [0.4, 0.5) is 0 Å². The number of hydroxylamine groups is 2. The standard InChI is InChI=1S/C23H39N3O7S/c1-4-24-10-12-25(13-11-24)19(27)7-9-23(2,3)34-18-17-32-16-15-31-14-8-22(30)33-26-20(28)5-6-21(26)29/h4-18H2,1-3H3. The van der Waals surface area contributed by atoms with Crippen LogP contribution in [0.15, 0.2) is 0 Å². The van der Waals surface area contributed by atoms with E-state index in [-0.39, 0.29) is 36.5 Å². The van der Waals surface area contributed by atoms with Crippen LogP contribution in [-0.4, -0.2) is 108 Å². The number of carbonyl (C=O) groups is 4. The first kappa shape index (κ1) is 28.5. The predicted molar refractivity (Wildman–Crippen MR) is 128 cm³/mol. The molecule has 0 aliphatic carbocycles. The molecule has 2 saturated heterocycles. The van der Waals surface area contributed by atoms with Crippen LogP contribution in [0.1, 0.15) is 52.9 Å². The van der Waals surface area contributed by atoms with E-state index in [1.807, 2.05) is 4.90 Å². The zero-order valence-corrected chi connectivity index (χ0v) is 21.5. The van der Waals surface area contributed by atoms with Crippen LogP contribution in [0.25, 0.3) is 0 Å². The number of hydrogen-bond acceptors (Lipinski definition) is 9. The Balaban J connectivity index is 1.44.